The summed E-state index contributed by atoms with van der Waals surface area (Å²) in [6.07, 6.45) is 1.70. The van der Waals surface area contributed by atoms with Crippen LogP contribution >= 0.6 is 0 Å². The summed E-state index contributed by atoms with van der Waals surface area (Å²) < 4.78 is 0. The third-order valence-corrected chi connectivity index (χ3v) is 3.37. The zero-order chi connectivity index (χ0) is 15.4. The van der Waals surface area contributed by atoms with E-state index in [2.05, 4.69) is 4.98 Å². The van der Waals surface area contributed by atoms with Crippen LogP contribution in [0.25, 0.3) is 10.9 Å². The predicted octanol–water partition coefficient (Wildman–Crippen LogP) is 2.29. The van der Waals surface area contributed by atoms with E-state index in [1.807, 2.05) is 26.0 Å². The maximum Gasteiger partial charge on any atom is 0.259 e. The number of nitriles is 1. The lowest BCUT2D eigenvalue weighted by atomic mass is 10.1. The van der Waals surface area contributed by atoms with Crippen molar-refractivity contribution in [2.45, 2.75) is 26.3 Å². The Bertz CT molecular complexity index is 756. The lowest BCUT2D eigenvalue weighted by molar-refractivity contribution is 0.0709. The number of rotatable bonds is 4. The van der Waals surface area contributed by atoms with E-state index in [0.717, 1.165) is 0 Å². The van der Waals surface area contributed by atoms with Crippen molar-refractivity contribution >= 4 is 16.8 Å². The Morgan fingerprint density at radius 3 is 2.76 bits per heavy atom. The number of nitrogens with one attached hydrogen (secondary N) is 1. The number of amides is 1. The number of nitrogens with zero attached hydrogens (tertiary/aromatic N) is 2. The maximum absolute atomic E-state index is 12.6. The molecule has 5 nitrogen and oxygen atoms in total. The highest BCUT2D eigenvalue weighted by Crippen LogP contribution is 2.10. The van der Waals surface area contributed by atoms with Gasteiger partial charge in [-0.1, -0.05) is 12.1 Å². The molecule has 0 spiro atoms. The number of benzene rings is 1. The van der Waals surface area contributed by atoms with Gasteiger partial charge >= 0.3 is 0 Å². The highest BCUT2D eigenvalue weighted by Gasteiger charge is 2.21. The number of carbonyl (C=O) groups excluding carboxylic acids is 1. The minimum absolute atomic E-state index is 0.0725. The topological polar surface area (TPSA) is 77.0 Å². The number of para-hydroxylation sites is 1. The average molecular weight is 283 g/mol. The summed E-state index contributed by atoms with van der Waals surface area (Å²) in [6, 6.07) is 9.03. The van der Waals surface area contributed by atoms with Crippen molar-refractivity contribution in [3.05, 3.63) is 46.2 Å². The van der Waals surface area contributed by atoms with Crippen LogP contribution in [0, 0.1) is 11.3 Å². The Morgan fingerprint density at radius 2 is 2.10 bits per heavy atom. The first-order chi connectivity index (χ1) is 10.1. The number of hydrogen-bond donors (Lipinski definition) is 1. The first kappa shape index (κ1) is 14.8. The van der Waals surface area contributed by atoms with E-state index in [1.54, 1.807) is 23.1 Å². The molecule has 21 heavy (non-hydrogen) atoms. The molecule has 1 N–H and O–H groups in total. The number of H-pyrrole nitrogens is 1. The lowest BCUT2D eigenvalue weighted by Crippen LogP contribution is -2.39. The Balaban J connectivity index is 2.45. The molecule has 108 valence electrons. The summed E-state index contributed by atoms with van der Waals surface area (Å²) in [5.41, 5.74) is 0.532. The van der Waals surface area contributed by atoms with Gasteiger partial charge in [-0.2, -0.15) is 5.26 Å². The summed E-state index contributed by atoms with van der Waals surface area (Å²) in [7, 11) is 0. The number of fused-ring (bicyclic) bond motifs is 1. The molecule has 1 aromatic carbocycles. The van der Waals surface area contributed by atoms with Crippen LogP contribution in [0.15, 0.2) is 35.3 Å². The minimum atomic E-state index is -0.341. The second kappa shape index (κ2) is 6.23. The van der Waals surface area contributed by atoms with Crippen molar-refractivity contribution in [2.24, 2.45) is 0 Å². The molecule has 0 unspecified atom stereocenters. The zero-order valence-electron chi connectivity index (χ0n) is 12.1. The molecule has 1 aromatic heterocycles. The summed E-state index contributed by atoms with van der Waals surface area (Å²) >= 11 is 0. The normalized spacial score (nSPS) is 10.6. The molecular weight excluding hydrogens is 266 g/mol. The van der Waals surface area contributed by atoms with Crippen molar-refractivity contribution in [3.8, 4) is 6.07 Å². The third-order valence-electron chi connectivity index (χ3n) is 3.37. The van der Waals surface area contributed by atoms with Gasteiger partial charge in [-0.25, -0.2) is 0 Å². The molecule has 0 aliphatic carbocycles. The predicted molar refractivity (Wildman–Crippen MR) is 81.0 cm³/mol. The van der Waals surface area contributed by atoms with Crippen molar-refractivity contribution in [3.63, 3.8) is 0 Å². The summed E-state index contributed by atoms with van der Waals surface area (Å²) in [6.45, 7) is 4.05. The SMILES string of the molecule is CC(C)N(CCC#N)C(=O)c1c[nH]c2ccccc2c1=O. The van der Waals surface area contributed by atoms with Gasteiger partial charge in [0.2, 0.25) is 5.43 Å². The highest BCUT2D eigenvalue weighted by atomic mass is 16.2. The summed E-state index contributed by atoms with van der Waals surface area (Å²) in [4.78, 5) is 29.5. The number of aromatic nitrogens is 1. The Kier molecular flexibility index (Phi) is 4.39. The quantitative estimate of drug-likeness (QED) is 0.935. The van der Waals surface area contributed by atoms with E-state index < -0.39 is 0 Å². The van der Waals surface area contributed by atoms with Crippen LogP contribution in [-0.4, -0.2) is 28.4 Å². The van der Waals surface area contributed by atoms with Crippen molar-refractivity contribution in [1.29, 1.82) is 5.26 Å². The molecule has 0 fully saturated rings. The average Bonchev–Trinajstić information content (AvgIpc) is 2.47. The van der Waals surface area contributed by atoms with Crippen LogP contribution in [-0.2, 0) is 0 Å². The molecule has 0 bridgehead atoms. The minimum Gasteiger partial charge on any atom is -0.360 e. The van der Waals surface area contributed by atoms with Crippen LogP contribution in [0.3, 0.4) is 0 Å². The molecule has 2 aromatic rings. The van der Waals surface area contributed by atoms with Crippen LogP contribution in [0.5, 0.6) is 0 Å². The fourth-order valence-electron chi connectivity index (χ4n) is 2.25. The molecule has 1 amide bonds. The molecule has 1 heterocycles. The van der Waals surface area contributed by atoms with E-state index in [9.17, 15) is 9.59 Å². The van der Waals surface area contributed by atoms with Gasteiger partial charge in [0.1, 0.15) is 5.56 Å². The summed E-state index contributed by atoms with van der Waals surface area (Å²) in [5.74, 6) is -0.341. The number of aromatic amines is 1. The van der Waals surface area contributed by atoms with Gasteiger partial charge in [0.25, 0.3) is 5.91 Å². The van der Waals surface area contributed by atoms with Gasteiger partial charge in [-0.3, -0.25) is 9.59 Å². The molecule has 0 radical (unpaired) electrons. The zero-order valence-corrected chi connectivity index (χ0v) is 12.1. The Morgan fingerprint density at radius 1 is 1.38 bits per heavy atom. The summed E-state index contributed by atoms with van der Waals surface area (Å²) in [5, 5.41) is 9.18. The van der Waals surface area contributed by atoms with Crippen LogP contribution in [0.2, 0.25) is 0 Å². The van der Waals surface area contributed by atoms with E-state index in [0.29, 0.717) is 17.4 Å². The van der Waals surface area contributed by atoms with E-state index in [-0.39, 0.29) is 29.4 Å². The van der Waals surface area contributed by atoms with Gasteiger partial charge in [0, 0.05) is 29.7 Å². The Hall–Kier alpha value is -2.61. The lowest BCUT2D eigenvalue weighted by Gasteiger charge is -2.25. The van der Waals surface area contributed by atoms with Crippen LogP contribution < -0.4 is 5.43 Å². The molecule has 0 aliphatic rings. The first-order valence-electron chi connectivity index (χ1n) is 6.84. The van der Waals surface area contributed by atoms with E-state index in [1.165, 1.54) is 6.20 Å². The van der Waals surface area contributed by atoms with E-state index >= 15 is 0 Å². The monoisotopic (exact) mass is 283 g/mol. The third kappa shape index (κ3) is 2.95. The number of hydrogen-bond acceptors (Lipinski definition) is 3. The van der Waals surface area contributed by atoms with Gasteiger partial charge < -0.3 is 9.88 Å². The van der Waals surface area contributed by atoms with Crippen molar-refractivity contribution in [1.82, 2.24) is 9.88 Å². The van der Waals surface area contributed by atoms with Crippen LogP contribution in [0.1, 0.15) is 30.6 Å². The highest BCUT2D eigenvalue weighted by molar-refractivity contribution is 5.97. The Labute approximate surface area is 122 Å². The first-order valence-corrected chi connectivity index (χ1v) is 6.84. The van der Waals surface area contributed by atoms with Gasteiger partial charge in [-0.15, -0.1) is 0 Å². The van der Waals surface area contributed by atoms with Crippen LogP contribution in [0.4, 0.5) is 0 Å². The molecule has 0 atom stereocenters. The van der Waals surface area contributed by atoms with Gasteiger partial charge in [-0.05, 0) is 26.0 Å². The molecule has 0 saturated carbocycles. The molecule has 0 saturated heterocycles. The fourth-order valence-corrected chi connectivity index (χ4v) is 2.25. The maximum atomic E-state index is 12.6. The smallest absolute Gasteiger partial charge is 0.259 e. The van der Waals surface area contributed by atoms with E-state index in [4.69, 9.17) is 5.26 Å². The van der Waals surface area contributed by atoms with Gasteiger partial charge in [0.05, 0.1) is 12.5 Å². The van der Waals surface area contributed by atoms with Crippen molar-refractivity contribution in [2.75, 3.05) is 6.54 Å². The fraction of sp³-hybridized carbons (Fsp3) is 0.312. The largest absolute Gasteiger partial charge is 0.360 e. The molecule has 0 aliphatic heterocycles. The standard InChI is InChI=1S/C16H17N3O2/c1-11(2)19(9-5-8-17)16(21)13-10-18-14-7-4-3-6-12(14)15(13)20/h3-4,6-7,10-11H,5,9H2,1-2H3,(H,18,20). The molecule has 2 rings (SSSR count). The van der Waals surface area contributed by atoms with Crippen molar-refractivity contribution < 1.29 is 4.79 Å². The molecule has 5 heteroatoms. The number of pyridine rings is 1. The second-order valence-corrected chi connectivity index (χ2v) is 5.08. The second-order valence-electron chi connectivity index (χ2n) is 5.08. The molecular formula is C16H17N3O2. The number of carbonyl (C=O) groups is 1. The van der Waals surface area contributed by atoms with Gasteiger partial charge in [0.15, 0.2) is 0 Å².